The molecule has 0 aliphatic heterocycles. The zero-order valence-corrected chi connectivity index (χ0v) is 23.2. The summed E-state index contributed by atoms with van der Waals surface area (Å²) in [4.78, 5) is 47.8. The molecule has 0 aromatic carbocycles. The number of carbonyl (C=O) groups is 4. The van der Waals surface area contributed by atoms with E-state index in [1.54, 1.807) is 0 Å². The quantitative estimate of drug-likeness (QED) is 0.129. The summed E-state index contributed by atoms with van der Waals surface area (Å²) in [6.45, 7) is 0. The van der Waals surface area contributed by atoms with Gasteiger partial charge in [-0.3, -0.25) is 19.2 Å². The molecule has 2 N–H and O–H groups in total. The zero-order valence-electron chi connectivity index (χ0n) is 21.2. The van der Waals surface area contributed by atoms with E-state index in [0.29, 0.717) is 0 Å². The van der Waals surface area contributed by atoms with Gasteiger partial charge < -0.3 is 41.5 Å². The molecule has 0 saturated heterocycles. The number of hydrogen-bond acceptors (Lipinski definition) is 11. The summed E-state index contributed by atoms with van der Waals surface area (Å²) in [5.74, 6) is -5.90. The van der Waals surface area contributed by atoms with Crippen molar-refractivity contribution >= 4 is 41.5 Å². The minimum atomic E-state index is -3.06. The van der Waals surface area contributed by atoms with Crippen molar-refractivity contribution < 1.29 is 60.7 Å². The second-order valence-corrected chi connectivity index (χ2v) is 13.8. The maximum Gasteiger partial charge on any atom is 0.500 e. The van der Waals surface area contributed by atoms with Gasteiger partial charge in [-0.2, -0.15) is 0 Å². The fraction of sp³-hybridized carbons (Fsp3) is 0.800. The molecule has 0 spiro atoms. The molecular formula is C20H38O13Si2. The van der Waals surface area contributed by atoms with E-state index in [1.807, 2.05) is 0 Å². The van der Waals surface area contributed by atoms with Gasteiger partial charge in [0.05, 0.1) is 11.8 Å². The Morgan fingerprint density at radius 3 is 1.09 bits per heavy atom. The summed E-state index contributed by atoms with van der Waals surface area (Å²) in [5.41, 5.74) is 0. The van der Waals surface area contributed by atoms with Crippen LogP contribution in [0.4, 0.5) is 0 Å². The molecule has 0 amide bonds. The van der Waals surface area contributed by atoms with Crippen molar-refractivity contribution in [1.82, 2.24) is 0 Å². The van der Waals surface area contributed by atoms with Gasteiger partial charge in [0, 0.05) is 67.6 Å². The van der Waals surface area contributed by atoms with Crippen LogP contribution in [0.25, 0.3) is 0 Å². The van der Waals surface area contributed by atoms with Gasteiger partial charge in [0.2, 0.25) is 0 Å². The smallest absolute Gasteiger partial charge is 0.481 e. The standard InChI is InChI=1S/C20H38O13Si2/c1-27-34(28-2,29-3)13-11-15(7-9-17(21)22)19(25)33-20(26)16(8-10-18(23)24)12-14-35(30-4,31-5)32-6/h15-16H,7-14H2,1-6H3,(H,21,22)(H,23,24). The molecule has 0 aromatic heterocycles. The van der Waals surface area contributed by atoms with Crippen LogP contribution < -0.4 is 0 Å². The molecule has 0 saturated carbocycles. The van der Waals surface area contributed by atoms with Gasteiger partial charge in [0.25, 0.3) is 0 Å². The largest absolute Gasteiger partial charge is 0.500 e. The van der Waals surface area contributed by atoms with E-state index in [1.165, 1.54) is 42.7 Å². The van der Waals surface area contributed by atoms with Crippen molar-refractivity contribution in [1.29, 1.82) is 0 Å². The molecule has 13 nitrogen and oxygen atoms in total. The SMILES string of the molecule is CO[Si](CCC(CCC(=O)O)C(=O)OC(=O)C(CCC(=O)O)CC[Si](OC)(OC)OC)(OC)OC. The third-order valence-corrected chi connectivity index (χ3v) is 11.3. The maximum atomic E-state index is 12.8. The van der Waals surface area contributed by atoms with Gasteiger partial charge in [-0.1, -0.05) is 0 Å². The summed E-state index contributed by atoms with van der Waals surface area (Å²) < 4.78 is 37.1. The molecule has 2 unspecified atom stereocenters. The van der Waals surface area contributed by atoms with Crippen molar-refractivity contribution in [3.05, 3.63) is 0 Å². The van der Waals surface area contributed by atoms with Gasteiger partial charge in [0.15, 0.2) is 0 Å². The van der Waals surface area contributed by atoms with Crippen LogP contribution in [-0.4, -0.2) is 94.4 Å². The van der Waals surface area contributed by atoms with E-state index >= 15 is 0 Å². The summed E-state index contributed by atoms with van der Waals surface area (Å²) in [7, 11) is 2.32. The van der Waals surface area contributed by atoms with Gasteiger partial charge in [-0.25, -0.2) is 0 Å². The molecule has 0 rings (SSSR count). The molecule has 15 heteroatoms. The Labute approximate surface area is 207 Å². The first-order valence-corrected chi connectivity index (χ1v) is 14.8. The number of carboxylic acid groups (broad SMARTS) is 2. The first kappa shape index (κ1) is 33.3. The van der Waals surface area contributed by atoms with Crippen molar-refractivity contribution in [3.8, 4) is 0 Å². The third kappa shape index (κ3) is 11.7. The maximum absolute atomic E-state index is 12.8. The Morgan fingerprint density at radius 2 is 0.857 bits per heavy atom. The Kier molecular flexibility index (Phi) is 16.0. The summed E-state index contributed by atoms with van der Waals surface area (Å²) >= 11 is 0. The molecule has 0 fully saturated rings. The van der Waals surface area contributed by atoms with Gasteiger partial charge in [-0.15, -0.1) is 0 Å². The number of esters is 2. The molecular weight excluding hydrogens is 504 g/mol. The summed E-state index contributed by atoms with van der Waals surface area (Å²) in [5, 5.41) is 18.1. The highest BCUT2D eigenvalue weighted by atomic mass is 28.4. The topological polar surface area (TPSA) is 173 Å². The second kappa shape index (κ2) is 16.9. The highest BCUT2D eigenvalue weighted by Crippen LogP contribution is 2.26. The van der Waals surface area contributed by atoms with Crippen LogP contribution in [0.5, 0.6) is 0 Å². The fourth-order valence-corrected chi connectivity index (χ4v) is 7.06. The van der Waals surface area contributed by atoms with E-state index < -0.39 is 53.3 Å². The van der Waals surface area contributed by atoms with Crippen molar-refractivity contribution in [2.45, 2.75) is 50.6 Å². The molecule has 204 valence electrons. The van der Waals surface area contributed by atoms with Crippen LogP contribution in [-0.2, 0) is 50.5 Å². The van der Waals surface area contributed by atoms with Gasteiger partial charge in [-0.05, 0) is 25.7 Å². The third-order valence-electron chi connectivity index (χ3n) is 5.75. The van der Waals surface area contributed by atoms with E-state index in [2.05, 4.69) is 0 Å². The molecule has 0 aromatic rings. The average molecular weight is 543 g/mol. The van der Waals surface area contributed by atoms with E-state index in [-0.39, 0.29) is 50.6 Å². The lowest BCUT2D eigenvalue weighted by Gasteiger charge is -2.27. The van der Waals surface area contributed by atoms with Crippen LogP contribution in [0.3, 0.4) is 0 Å². The van der Waals surface area contributed by atoms with E-state index in [0.717, 1.165) is 0 Å². The Bertz CT molecular complexity index is 607. The number of ether oxygens (including phenoxy) is 1. The number of carboxylic acids is 2. The summed E-state index contributed by atoms with van der Waals surface area (Å²) in [6.07, 6.45) is -0.573. The number of rotatable bonds is 20. The lowest BCUT2D eigenvalue weighted by Crippen LogP contribution is -2.43. The van der Waals surface area contributed by atoms with Crippen LogP contribution in [0.15, 0.2) is 0 Å². The molecule has 2 atom stereocenters. The van der Waals surface area contributed by atoms with E-state index in [4.69, 9.17) is 41.5 Å². The van der Waals surface area contributed by atoms with Crippen LogP contribution in [0.2, 0.25) is 12.1 Å². The predicted molar refractivity (Wildman–Crippen MR) is 124 cm³/mol. The molecule has 0 bridgehead atoms. The van der Waals surface area contributed by atoms with Crippen LogP contribution in [0, 0.1) is 11.8 Å². The average Bonchev–Trinajstić information content (AvgIpc) is 2.84. The second-order valence-electron chi connectivity index (χ2n) is 7.67. The fourth-order valence-electron chi connectivity index (χ4n) is 3.44. The molecule has 0 aliphatic rings. The minimum Gasteiger partial charge on any atom is -0.481 e. The highest BCUT2D eigenvalue weighted by Gasteiger charge is 2.41. The Balaban J connectivity index is 5.51. The zero-order chi connectivity index (χ0) is 27.1. The lowest BCUT2D eigenvalue weighted by molar-refractivity contribution is -0.166. The van der Waals surface area contributed by atoms with Crippen molar-refractivity contribution in [2.24, 2.45) is 11.8 Å². The highest BCUT2D eigenvalue weighted by molar-refractivity contribution is 6.60. The predicted octanol–water partition coefficient (Wildman–Crippen LogP) is 1.55. The molecule has 35 heavy (non-hydrogen) atoms. The monoisotopic (exact) mass is 542 g/mol. The number of carbonyl (C=O) groups excluding carboxylic acids is 2. The molecule has 0 heterocycles. The number of aliphatic carboxylic acids is 2. The van der Waals surface area contributed by atoms with Crippen molar-refractivity contribution in [2.75, 3.05) is 42.7 Å². The minimum absolute atomic E-state index is 0.0735. The van der Waals surface area contributed by atoms with Gasteiger partial charge in [0.1, 0.15) is 0 Å². The molecule has 0 radical (unpaired) electrons. The summed E-state index contributed by atoms with van der Waals surface area (Å²) in [6, 6.07) is 0.381. The van der Waals surface area contributed by atoms with Crippen LogP contribution >= 0.6 is 0 Å². The first-order chi connectivity index (χ1) is 16.5. The molecule has 0 aliphatic carbocycles. The van der Waals surface area contributed by atoms with Crippen molar-refractivity contribution in [3.63, 3.8) is 0 Å². The van der Waals surface area contributed by atoms with Gasteiger partial charge >= 0.3 is 41.5 Å². The van der Waals surface area contributed by atoms with E-state index in [9.17, 15) is 19.2 Å². The number of hydrogen-bond donors (Lipinski definition) is 2. The van der Waals surface area contributed by atoms with Crippen LogP contribution in [0.1, 0.15) is 38.5 Å². The Hall–Kier alpha value is -1.73. The lowest BCUT2D eigenvalue weighted by atomic mass is 9.99. The normalized spacial score (nSPS) is 13.8. The Morgan fingerprint density at radius 1 is 0.571 bits per heavy atom. The first-order valence-electron chi connectivity index (χ1n) is 11.0.